The number of benzene rings is 1. The minimum Gasteiger partial charge on any atom is -0.502 e. The Morgan fingerprint density at radius 1 is 1.23 bits per heavy atom. The van der Waals surface area contributed by atoms with Crippen LogP contribution in [0.2, 0.25) is 0 Å². The lowest BCUT2D eigenvalue weighted by Crippen LogP contribution is -2.11. The lowest BCUT2D eigenvalue weighted by molar-refractivity contribution is -0.135. The van der Waals surface area contributed by atoms with E-state index in [1.54, 1.807) is 19.2 Å². The number of nitrogens with zero attached hydrogens (tertiary/aromatic N) is 2. The van der Waals surface area contributed by atoms with Gasteiger partial charge in [-0.05, 0) is 23.8 Å². The highest BCUT2D eigenvalue weighted by Crippen LogP contribution is 2.13. The molecule has 0 aliphatic rings. The predicted octanol–water partition coefficient (Wildman–Crippen LogP) is 1.65. The van der Waals surface area contributed by atoms with Crippen molar-refractivity contribution in [1.29, 1.82) is 0 Å². The lowest BCUT2D eigenvalue weighted by atomic mass is 10.2. The summed E-state index contributed by atoms with van der Waals surface area (Å²) in [5.74, 6) is -2.49. The molecule has 1 aromatic carbocycles. The van der Waals surface area contributed by atoms with Crippen LogP contribution in [0.1, 0.15) is 16.1 Å². The number of ether oxygens (including phenoxy) is 1. The van der Waals surface area contributed by atoms with Crippen molar-refractivity contribution < 1.29 is 24.5 Å². The molecule has 0 aliphatic heterocycles. The van der Waals surface area contributed by atoms with Crippen molar-refractivity contribution in [3.8, 4) is 5.75 Å². The third-order valence-electron chi connectivity index (χ3n) is 2.95. The van der Waals surface area contributed by atoms with Gasteiger partial charge in [-0.1, -0.05) is 12.1 Å². The number of carboxylic acids is 1. The highest BCUT2D eigenvalue weighted by Gasteiger charge is 2.14. The van der Waals surface area contributed by atoms with Gasteiger partial charge in [-0.3, -0.25) is 9.48 Å². The summed E-state index contributed by atoms with van der Waals surface area (Å²) >= 11 is 0. The second-order valence-electron chi connectivity index (χ2n) is 4.42. The molecule has 0 fully saturated rings. The van der Waals surface area contributed by atoms with Crippen LogP contribution in [0, 0.1) is 0 Å². The Kier molecular flexibility index (Phi) is 4.57. The molecule has 2 N–H and O–H groups in total. The maximum Gasteiger partial charge on any atom is 0.371 e. The fourth-order valence-corrected chi connectivity index (χ4v) is 1.83. The molecule has 22 heavy (non-hydrogen) atoms. The van der Waals surface area contributed by atoms with E-state index in [4.69, 9.17) is 14.9 Å². The van der Waals surface area contributed by atoms with Crippen LogP contribution in [-0.2, 0) is 11.3 Å². The number of aromatic nitrogens is 2. The fraction of sp³-hybridized carbons (Fsp3) is 0.133. The summed E-state index contributed by atoms with van der Waals surface area (Å²) in [7, 11) is 1.57. The Morgan fingerprint density at radius 3 is 2.50 bits per heavy atom. The number of hydrogen-bond acceptors (Lipinski definition) is 5. The van der Waals surface area contributed by atoms with Gasteiger partial charge in [0.1, 0.15) is 11.4 Å². The molecule has 0 saturated carbocycles. The summed E-state index contributed by atoms with van der Waals surface area (Å²) in [4.78, 5) is 22.5. The number of allylic oxidation sites excluding steroid dienone is 1. The molecule has 7 nitrogen and oxygen atoms in total. The number of carboxylic acid groups (broad SMARTS) is 1. The average molecular weight is 302 g/mol. The van der Waals surface area contributed by atoms with E-state index in [1.807, 2.05) is 12.1 Å². The summed E-state index contributed by atoms with van der Waals surface area (Å²) in [5, 5.41) is 21.7. The van der Waals surface area contributed by atoms with Crippen molar-refractivity contribution in [1.82, 2.24) is 9.78 Å². The second-order valence-corrected chi connectivity index (χ2v) is 4.42. The third-order valence-corrected chi connectivity index (χ3v) is 2.95. The van der Waals surface area contributed by atoms with Crippen molar-refractivity contribution >= 4 is 11.8 Å². The number of carbonyl (C=O) groups excluding carboxylic acids is 1. The Morgan fingerprint density at radius 2 is 1.91 bits per heavy atom. The molecule has 0 unspecified atom stereocenters. The van der Waals surface area contributed by atoms with Crippen molar-refractivity contribution in [2.24, 2.45) is 0 Å². The number of rotatable bonds is 6. The first-order chi connectivity index (χ1) is 10.5. The topological polar surface area (TPSA) is 102 Å². The number of aliphatic hydroxyl groups is 1. The molecule has 1 aromatic heterocycles. The standard InChI is InChI=1S/C15H14N2O5/c1-22-11-4-2-10(3-5-11)9-17-12(6-7-16-17)13(18)8-14(19)15(20)21/h2-8,19H,9H2,1H3,(H,20,21). The maximum atomic E-state index is 12.0. The van der Waals surface area contributed by atoms with E-state index in [1.165, 1.54) is 16.9 Å². The normalized spacial score (nSPS) is 11.2. The molecule has 0 atom stereocenters. The van der Waals surface area contributed by atoms with Gasteiger partial charge in [0, 0.05) is 12.3 Å². The van der Waals surface area contributed by atoms with Gasteiger partial charge in [0.15, 0.2) is 0 Å². The largest absolute Gasteiger partial charge is 0.502 e. The van der Waals surface area contributed by atoms with Gasteiger partial charge >= 0.3 is 5.97 Å². The molecule has 2 aromatic rings. The van der Waals surface area contributed by atoms with E-state index in [0.29, 0.717) is 12.6 Å². The molecule has 0 bridgehead atoms. The van der Waals surface area contributed by atoms with Gasteiger partial charge in [0.25, 0.3) is 0 Å². The SMILES string of the molecule is COc1ccc(Cn2nccc2C(=O)C=C(O)C(=O)O)cc1. The quantitative estimate of drug-likeness (QED) is 0.478. The first kappa shape index (κ1) is 15.3. The number of hydrogen-bond donors (Lipinski definition) is 2. The van der Waals surface area contributed by atoms with Crippen molar-refractivity contribution in [2.75, 3.05) is 7.11 Å². The zero-order valence-electron chi connectivity index (χ0n) is 11.8. The first-order valence-electron chi connectivity index (χ1n) is 6.34. The van der Waals surface area contributed by atoms with Gasteiger partial charge in [-0.2, -0.15) is 5.10 Å². The lowest BCUT2D eigenvalue weighted by Gasteiger charge is -2.06. The van der Waals surface area contributed by atoms with Gasteiger partial charge in [0.2, 0.25) is 11.5 Å². The Hall–Kier alpha value is -3.09. The van der Waals surface area contributed by atoms with E-state index >= 15 is 0 Å². The van der Waals surface area contributed by atoms with Gasteiger partial charge in [0.05, 0.1) is 13.7 Å². The molecule has 1 heterocycles. The number of carbonyl (C=O) groups is 2. The molecule has 2 rings (SSSR count). The monoisotopic (exact) mass is 302 g/mol. The van der Waals surface area contributed by atoms with Crippen LogP contribution in [-0.4, -0.2) is 38.9 Å². The van der Waals surface area contributed by atoms with Crippen LogP contribution in [0.25, 0.3) is 0 Å². The highest BCUT2D eigenvalue weighted by atomic mass is 16.5. The molecular weight excluding hydrogens is 288 g/mol. The average Bonchev–Trinajstić information content (AvgIpc) is 2.96. The molecular formula is C15H14N2O5. The molecule has 0 saturated heterocycles. The zero-order chi connectivity index (χ0) is 16.1. The van der Waals surface area contributed by atoms with Gasteiger partial charge < -0.3 is 14.9 Å². The summed E-state index contributed by atoms with van der Waals surface area (Å²) in [6.45, 7) is 0.333. The predicted molar refractivity (Wildman–Crippen MR) is 77.0 cm³/mol. The minimum atomic E-state index is -1.56. The molecule has 0 amide bonds. The smallest absolute Gasteiger partial charge is 0.371 e. The Bertz CT molecular complexity index is 716. The molecule has 7 heteroatoms. The Labute approximate surface area is 126 Å². The third kappa shape index (κ3) is 3.51. The first-order valence-corrected chi connectivity index (χ1v) is 6.34. The minimum absolute atomic E-state index is 0.184. The molecule has 0 radical (unpaired) electrons. The van der Waals surface area contributed by atoms with Crippen LogP contribution >= 0.6 is 0 Å². The van der Waals surface area contributed by atoms with E-state index in [0.717, 1.165) is 11.3 Å². The van der Waals surface area contributed by atoms with Crippen LogP contribution < -0.4 is 4.74 Å². The van der Waals surface area contributed by atoms with Crippen molar-refractivity contribution in [3.05, 3.63) is 59.6 Å². The fourth-order valence-electron chi connectivity index (χ4n) is 1.83. The second kappa shape index (κ2) is 6.57. The summed E-state index contributed by atoms with van der Waals surface area (Å²) < 4.78 is 6.49. The number of ketones is 1. The van der Waals surface area contributed by atoms with E-state index in [2.05, 4.69) is 5.10 Å². The zero-order valence-corrected chi connectivity index (χ0v) is 11.8. The molecule has 0 aliphatic carbocycles. The number of methoxy groups -OCH3 is 1. The number of aliphatic hydroxyl groups excluding tert-OH is 1. The number of aliphatic carboxylic acids is 1. The Balaban J connectivity index is 2.20. The van der Waals surface area contributed by atoms with Crippen LogP contribution in [0.5, 0.6) is 5.75 Å². The van der Waals surface area contributed by atoms with Crippen molar-refractivity contribution in [2.45, 2.75) is 6.54 Å². The maximum absolute atomic E-state index is 12.0. The summed E-state index contributed by atoms with van der Waals surface area (Å²) in [5.41, 5.74) is 1.08. The van der Waals surface area contributed by atoms with Crippen LogP contribution in [0.15, 0.2) is 48.4 Å². The van der Waals surface area contributed by atoms with Crippen molar-refractivity contribution in [3.63, 3.8) is 0 Å². The van der Waals surface area contributed by atoms with Gasteiger partial charge in [-0.15, -0.1) is 0 Å². The van der Waals surface area contributed by atoms with Crippen LogP contribution in [0.4, 0.5) is 0 Å². The van der Waals surface area contributed by atoms with Crippen LogP contribution in [0.3, 0.4) is 0 Å². The highest BCUT2D eigenvalue weighted by molar-refractivity contribution is 6.06. The molecule has 0 spiro atoms. The van der Waals surface area contributed by atoms with E-state index < -0.39 is 17.5 Å². The van der Waals surface area contributed by atoms with Gasteiger partial charge in [-0.25, -0.2) is 4.79 Å². The summed E-state index contributed by atoms with van der Waals surface area (Å²) in [6.07, 6.45) is 2.09. The van der Waals surface area contributed by atoms with E-state index in [9.17, 15) is 9.59 Å². The summed E-state index contributed by atoms with van der Waals surface area (Å²) in [6, 6.07) is 8.70. The van der Waals surface area contributed by atoms with E-state index in [-0.39, 0.29) is 5.69 Å². The molecule has 114 valence electrons.